The number of halogens is 1. The Hall–Kier alpha value is -2.18. The number of aromatic nitrogens is 2. The average molecular weight is 319 g/mol. The Kier molecular flexibility index (Phi) is 4.50. The molecule has 1 aromatic carbocycles. The molecule has 1 N–H and O–H groups in total. The smallest absolute Gasteiger partial charge is 0.272 e. The number of rotatable bonds is 3. The third-order valence-electron chi connectivity index (χ3n) is 3.29. The maximum absolute atomic E-state index is 12.4. The van der Waals surface area contributed by atoms with Crippen molar-refractivity contribution in [1.29, 1.82) is 0 Å². The highest BCUT2D eigenvalue weighted by atomic mass is 35.5. The molecule has 22 heavy (non-hydrogen) atoms. The zero-order chi connectivity index (χ0) is 15.4. The van der Waals surface area contributed by atoms with E-state index in [0.717, 1.165) is 0 Å². The predicted octanol–water partition coefficient (Wildman–Crippen LogP) is 2.35. The summed E-state index contributed by atoms with van der Waals surface area (Å²) in [5, 5.41) is 3.59. The Balaban J connectivity index is 1.77. The van der Waals surface area contributed by atoms with E-state index in [1.807, 2.05) is 18.2 Å². The summed E-state index contributed by atoms with van der Waals surface area (Å²) in [4.78, 5) is 22.5. The number of benzene rings is 1. The lowest BCUT2D eigenvalue weighted by Crippen LogP contribution is -2.41. The van der Waals surface area contributed by atoms with Crippen molar-refractivity contribution in [3.05, 3.63) is 47.2 Å². The zero-order valence-corrected chi connectivity index (χ0v) is 12.6. The van der Waals surface area contributed by atoms with Gasteiger partial charge in [-0.05, 0) is 18.2 Å². The van der Waals surface area contributed by atoms with Crippen LogP contribution in [0, 0.1) is 0 Å². The summed E-state index contributed by atoms with van der Waals surface area (Å²) in [7, 11) is 0. The number of morpholine rings is 1. The van der Waals surface area contributed by atoms with Gasteiger partial charge in [0.05, 0.1) is 23.9 Å². The molecule has 2 aromatic rings. The van der Waals surface area contributed by atoms with Gasteiger partial charge in [-0.3, -0.25) is 4.79 Å². The van der Waals surface area contributed by atoms with E-state index >= 15 is 0 Å². The first-order valence-corrected chi connectivity index (χ1v) is 7.33. The highest BCUT2D eigenvalue weighted by Crippen LogP contribution is 2.23. The minimum atomic E-state index is -0.118. The van der Waals surface area contributed by atoms with Crippen molar-refractivity contribution in [3.63, 3.8) is 0 Å². The molecule has 1 fully saturated rings. The van der Waals surface area contributed by atoms with Gasteiger partial charge < -0.3 is 15.0 Å². The van der Waals surface area contributed by atoms with E-state index < -0.39 is 0 Å². The predicted molar refractivity (Wildman–Crippen MR) is 83.5 cm³/mol. The van der Waals surface area contributed by atoms with Crippen molar-refractivity contribution < 1.29 is 9.53 Å². The maximum Gasteiger partial charge on any atom is 0.272 e. The van der Waals surface area contributed by atoms with Crippen LogP contribution < -0.4 is 5.32 Å². The van der Waals surface area contributed by atoms with Crippen LogP contribution >= 0.6 is 11.6 Å². The van der Waals surface area contributed by atoms with Crippen LogP contribution in [0.3, 0.4) is 0 Å². The molecule has 1 aliphatic rings. The molecule has 0 bridgehead atoms. The number of nitrogens with one attached hydrogen (secondary N) is 1. The van der Waals surface area contributed by atoms with Gasteiger partial charge in [0, 0.05) is 19.3 Å². The first-order chi connectivity index (χ1) is 10.7. The SMILES string of the molecule is O=C(c1ccnc(Nc2ccccc2Cl)n1)N1CCOCC1. The maximum atomic E-state index is 12.4. The van der Waals surface area contributed by atoms with Crippen LogP contribution in [0.5, 0.6) is 0 Å². The van der Waals surface area contributed by atoms with Gasteiger partial charge in [0.1, 0.15) is 5.69 Å². The Morgan fingerprint density at radius 1 is 1.23 bits per heavy atom. The van der Waals surface area contributed by atoms with E-state index in [9.17, 15) is 4.79 Å². The molecule has 0 saturated carbocycles. The van der Waals surface area contributed by atoms with E-state index in [1.54, 1.807) is 23.2 Å². The van der Waals surface area contributed by atoms with E-state index in [2.05, 4.69) is 15.3 Å². The van der Waals surface area contributed by atoms with Crippen molar-refractivity contribution >= 4 is 29.1 Å². The third kappa shape index (κ3) is 3.35. The first-order valence-electron chi connectivity index (χ1n) is 6.95. The summed E-state index contributed by atoms with van der Waals surface area (Å²) in [6, 6.07) is 8.90. The average Bonchev–Trinajstić information content (AvgIpc) is 2.57. The standard InChI is InChI=1S/C15H15ClN4O2/c16-11-3-1-2-4-12(11)18-15-17-6-5-13(19-15)14(21)20-7-9-22-10-8-20/h1-6H,7-10H2,(H,17,18,19). The largest absolute Gasteiger partial charge is 0.378 e. The molecular weight excluding hydrogens is 304 g/mol. The molecule has 1 aliphatic heterocycles. The Morgan fingerprint density at radius 2 is 2.00 bits per heavy atom. The van der Waals surface area contributed by atoms with E-state index in [-0.39, 0.29) is 5.91 Å². The van der Waals surface area contributed by atoms with Gasteiger partial charge in [-0.2, -0.15) is 0 Å². The molecule has 114 valence electrons. The lowest BCUT2D eigenvalue weighted by Gasteiger charge is -2.26. The van der Waals surface area contributed by atoms with Crippen molar-refractivity contribution in [3.8, 4) is 0 Å². The number of ether oxygens (including phenoxy) is 1. The molecule has 0 spiro atoms. The highest BCUT2D eigenvalue weighted by Gasteiger charge is 2.20. The zero-order valence-electron chi connectivity index (χ0n) is 11.8. The van der Waals surface area contributed by atoms with Crippen LogP contribution in [0.15, 0.2) is 36.5 Å². The Morgan fingerprint density at radius 3 is 2.77 bits per heavy atom. The molecule has 6 nitrogen and oxygen atoms in total. The second-order valence-corrected chi connectivity index (χ2v) is 5.18. The number of anilines is 2. The van der Waals surface area contributed by atoms with Gasteiger partial charge in [0.15, 0.2) is 0 Å². The summed E-state index contributed by atoms with van der Waals surface area (Å²) in [5.41, 5.74) is 1.05. The normalized spacial score (nSPS) is 14.7. The molecule has 7 heteroatoms. The van der Waals surface area contributed by atoms with Gasteiger partial charge >= 0.3 is 0 Å². The summed E-state index contributed by atoms with van der Waals surface area (Å²) in [6.07, 6.45) is 1.56. The molecule has 0 unspecified atom stereocenters. The number of amides is 1. The summed E-state index contributed by atoms with van der Waals surface area (Å²) in [6.45, 7) is 2.27. The molecule has 2 heterocycles. The molecule has 1 aromatic heterocycles. The van der Waals surface area contributed by atoms with Crippen LogP contribution in [-0.2, 0) is 4.74 Å². The number of hydrogen-bond acceptors (Lipinski definition) is 5. The van der Waals surface area contributed by atoms with Gasteiger partial charge in [-0.15, -0.1) is 0 Å². The molecule has 0 radical (unpaired) electrons. The number of hydrogen-bond donors (Lipinski definition) is 1. The topological polar surface area (TPSA) is 67.4 Å². The van der Waals surface area contributed by atoms with E-state index in [0.29, 0.717) is 48.7 Å². The quantitative estimate of drug-likeness (QED) is 0.941. The monoisotopic (exact) mass is 318 g/mol. The summed E-state index contributed by atoms with van der Waals surface area (Å²) >= 11 is 6.09. The first kappa shape index (κ1) is 14.7. The lowest BCUT2D eigenvalue weighted by atomic mass is 10.3. The lowest BCUT2D eigenvalue weighted by molar-refractivity contribution is 0.0299. The minimum Gasteiger partial charge on any atom is -0.378 e. The second-order valence-electron chi connectivity index (χ2n) is 4.77. The Labute approximate surface area is 133 Å². The van der Waals surface area contributed by atoms with Crippen LogP contribution in [0.4, 0.5) is 11.6 Å². The van der Waals surface area contributed by atoms with E-state index in [4.69, 9.17) is 16.3 Å². The van der Waals surface area contributed by atoms with Crippen LogP contribution in [-0.4, -0.2) is 47.1 Å². The van der Waals surface area contributed by atoms with Crippen molar-refractivity contribution in [2.75, 3.05) is 31.6 Å². The molecule has 0 atom stereocenters. The molecule has 1 amide bonds. The van der Waals surface area contributed by atoms with Crippen molar-refractivity contribution in [2.45, 2.75) is 0 Å². The second kappa shape index (κ2) is 6.72. The fraction of sp³-hybridized carbons (Fsp3) is 0.267. The van der Waals surface area contributed by atoms with Crippen molar-refractivity contribution in [2.24, 2.45) is 0 Å². The molecular formula is C15H15ClN4O2. The number of nitrogens with zero attached hydrogens (tertiary/aromatic N) is 3. The van der Waals surface area contributed by atoms with Gasteiger partial charge in [0.2, 0.25) is 5.95 Å². The van der Waals surface area contributed by atoms with Gasteiger partial charge in [-0.1, -0.05) is 23.7 Å². The summed E-state index contributed by atoms with van der Waals surface area (Å²) in [5.74, 6) is 0.222. The van der Waals surface area contributed by atoms with Crippen molar-refractivity contribution in [1.82, 2.24) is 14.9 Å². The number of carbonyl (C=O) groups excluding carboxylic acids is 1. The molecule has 3 rings (SSSR count). The molecule has 0 aliphatic carbocycles. The fourth-order valence-corrected chi connectivity index (χ4v) is 2.33. The van der Waals surface area contributed by atoms with Crippen LogP contribution in [0.25, 0.3) is 0 Å². The van der Waals surface area contributed by atoms with Crippen LogP contribution in [0.2, 0.25) is 5.02 Å². The number of para-hydroxylation sites is 1. The van der Waals surface area contributed by atoms with Crippen LogP contribution in [0.1, 0.15) is 10.5 Å². The fourth-order valence-electron chi connectivity index (χ4n) is 2.15. The minimum absolute atomic E-state index is 0.118. The third-order valence-corrected chi connectivity index (χ3v) is 3.62. The van der Waals surface area contributed by atoms with Gasteiger partial charge in [-0.25, -0.2) is 9.97 Å². The number of carbonyl (C=O) groups is 1. The van der Waals surface area contributed by atoms with Gasteiger partial charge in [0.25, 0.3) is 5.91 Å². The van der Waals surface area contributed by atoms with E-state index in [1.165, 1.54) is 0 Å². The Bertz CT molecular complexity index is 674. The molecule has 1 saturated heterocycles. The highest BCUT2D eigenvalue weighted by molar-refractivity contribution is 6.33. The summed E-state index contributed by atoms with van der Waals surface area (Å²) < 4.78 is 5.25.